The van der Waals surface area contributed by atoms with Gasteiger partial charge in [0.05, 0.1) is 24.3 Å². The summed E-state index contributed by atoms with van der Waals surface area (Å²) in [6.07, 6.45) is 8.59. The van der Waals surface area contributed by atoms with E-state index in [4.69, 9.17) is 9.47 Å². The highest BCUT2D eigenvalue weighted by Crippen LogP contribution is 2.11. The van der Waals surface area contributed by atoms with Gasteiger partial charge in [-0.2, -0.15) is 0 Å². The van der Waals surface area contributed by atoms with E-state index in [0.29, 0.717) is 30.3 Å². The van der Waals surface area contributed by atoms with Crippen LogP contribution < -0.4 is 0 Å². The molecular weight excluding hydrogens is 328 g/mol. The molecule has 0 spiro atoms. The summed E-state index contributed by atoms with van der Waals surface area (Å²) in [4.78, 5) is 24.2. The van der Waals surface area contributed by atoms with Crippen molar-refractivity contribution >= 4 is 11.9 Å². The molecule has 1 rings (SSSR count). The lowest BCUT2D eigenvalue weighted by molar-refractivity contribution is 0.0496. The highest BCUT2D eigenvalue weighted by Gasteiger charge is 2.12. The minimum atomic E-state index is -0.385. The zero-order valence-electron chi connectivity index (χ0n) is 16.6. The third-order valence-corrected chi connectivity index (χ3v) is 4.22. The zero-order chi connectivity index (χ0) is 19.2. The predicted molar refractivity (Wildman–Crippen MR) is 104 cm³/mol. The molecular formula is C22H34O4. The molecule has 0 fully saturated rings. The standard InChI is InChI=1S/C22H34O4/c1-4-5-6-7-9-15-25-21(23)19-13-11-14-20(17-19)22(24)26-16-10-8-12-18(2)3/h11,13-14,17-18H,4-10,12,15-16H2,1-3H3. The zero-order valence-corrected chi connectivity index (χ0v) is 16.6. The molecule has 0 bridgehead atoms. The van der Waals surface area contributed by atoms with Gasteiger partial charge in [0.25, 0.3) is 0 Å². The number of unbranched alkanes of at least 4 members (excludes halogenated alkanes) is 5. The fourth-order valence-electron chi connectivity index (χ4n) is 2.63. The molecule has 0 heterocycles. The Labute approximate surface area is 158 Å². The fourth-order valence-corrected chi connectivity index (χ4v) is 2.63. The van der Waals surface area contributed by atoms with Crippen LogP contribution in [0.3, 0.4) is 0 Å². The van der Waals surface area contributed by atoms with Gasteiger partial charge < -0.3 is 9.47 Å². The molecule has 0 radical (unpaired) electrons. The van der Waals surface area contributed by atoms with Gasteiger partial charge in [-0.1, -0.05) is 58.9 Å². The van der Waals surface area contributed by atoms with E-state index in [1.54, 1.807) is 24.3 Å². The second kappa shape index (κ2) is 13.4. The maximum Gasteiger partial charge on any atom is 0.338 e. The van der Waals surface area contributed by atoms with Crippen LogP contribution >= 0.6 is 0 Å². The van der Waals surface area contributed by atoms with E-state index in [2.05, 4.69) is 20.8 Å². The Balaban J connectivity index is 2.36. The van der Waals surface area contributed by atoms with Crippen molar-refractivity contribution in [2.45, 2.75) is 72.1 Å². The molecule has 26 heavy (non-hydrogen) atoms. The Morgan fingerprint density at radius 3 is 1.92 bits per heavy atom. The molecule has 146 valence electrons. The summed E-state index contributed by atoms with van der Waals surface area (Å²) in [6, 6.07) is 6.57. The molecule has 0 aliphatic carbocycles. The van der Waals surface area contributed by atoms with Crippen LogP contribution in [0.5, 0.6) is 0 Å². The summed E-state index contributed by atoms with van der Waals surface area (Å²) >= 11 is 0. The first-order valence-electron chi connectivity index (χ1n) is 9.99. The molecule has 0 N–H and O–H groups in total. The fraction of sp³-hybridized carbons (Fsp3) is 0.636. The van der Waals surface area contributed by atoms with Crippen LogP contribution in [0.2, 0.25) is 0 Å². The van der Waals surface area contributed by atoms with E-state index in [1.165, 1.54) is 19.3 Å². The molecule has 1 aromatic rings. The van der Waals surface area contributed by atoms with Gasteiger partial charge in [0.1, 0.15) is 0 Å². The van der Waals surface area contributed by atoms with Crippen molar-refractivity contribution in [3.63, 3.8) is 0 Å². The molecule has 0 aromatic heterocycles. The van der Waals surface area contributed by atoms with Gasteiger partial charge in [-0.05, 0) is 43.4 Å². The second-order valence-electron chi connectivity index (χ2n) is 7.16. The van der Waals surface area contributed by atoms with Crippen LogP contribution in [0.25, 0.3) is 0 Å². The Morgan fingerprint density at radius 1 is 0.846 bits per heavy atom. The van der Waals surface area contributed by atoms with E-state index >= 15 is 0 Å². The third-order valence-electron chi connectivity index (χ3n) is 4.22. The Bertz CT molecular complexity index is 537. The quantitative estimate of drug-likeness (QED) is 0.329. The summed E-state index contributed by atoms with van der Waals surface area (Å²) < 4.78 is 10.6. The van der Waals surface area contributed by atoms with E-state index in [9.17, 15) is 9.59 Å². The van der Waals surface area contributed by atoms with Crippen molar-refractivity contribution < 1.29 is 19.1 Å². The van der Waals surface area contributed by atoms with Gasteiger partial charge in [0.2, 0.25) is 0 Å². The number of rotatable bonds is 13. The highest BCUT2D eigenvalue weighted by molar-refractivity contribution is 5.95. The van der Waals surface area contributed by atoms with E-state index < -0.39 is 0 Å². The Morgan fingerprint density at radius 2 is 1.38 bits per heavy atom. The normalized spacial score (nSPS) is 10.8. The van der Waals surface area contributed by atoms with Crippen LogP contribution in [-0.4, -0.2) is 25.2 Å². The Hall–Kier alpha value is -1.84. The number of carbonyl (C=O) groups excluding carboxylic acids is 2. The number of esters is 2. The SMILES string of the molecule is CCCCCCCOC(=O)c1cccc(C(=O)OCCCCC(C)C)c1. The maximum absolute atomic E-state index is 12.1. The van der Waals surface area contributed by atoms with E-state index in [1.807, 2.05) is 0 Å². The van der Waals surface area contributed by atoms with Crippen molar-refractivity contribution in [3.8, 4) is 0 Å². The van der Waals surface area contributed by atoms with E-state index in [-0.39, 0.29) is 11.9 Å². The molecule has 0 saturated carbocycles. The number of benzene rings is 1. The topological polar surface area (TPSA) is 52.6 Å². The monoisotopic (exact) mass is 362 g/mol. The number of hydrogen-bond donors (Lipinski definition) is 0. The predicted octanol–water partition coefficient (Wildman–Crippen LogP) is 5.80. The van der Waals surface area contributed by atoms with Gasteiger partial charge in [0, 0.05) is 0 Å². The van der Waals surface area contributed by atoms with Crippen LogP contribution in [0, 0.1) is 5.92 Å². The molecule has 4 nitrogen and oxygen atoms in total. The summed E-state index contributed by atoms with van der Waals surface area (Å²) in [6.45, 7) is 7.37. The lowest BCUT2D eigenvalue weighted by Gasteiger charge is -2.08. The van der Waals surface area contributed by atoms with Crippen molar-refractivity contribution in [3.05, 3.63) is 35.4 Å². The number of hydrogen-bond acceptors (Lipinski definition) is 4. The average Bonchev–Trinajstić information content (AvgIpc) is 2.63. The van der Waals surface area contributed by atoms with Gasteiger partial charge in [-0.15, -0.1) is 0 Å². The van der Waals surface area contributed by atoms with Crippen molar-refractivity contribution in [2.24, 2.45) is 5.92 Å². The lowest BCUT2D eigenvalue weighted by atomic mass is 10.1. The van der Waals surface area contributed by atoms with Crippen molar-refractivity contribution in [2.75, 3.05) is 13.2 Å². The van der Waals surface area contributed by atoms with Crippen molar-refractivity contribution in [1.29, 1.82) is 0 Å². The second-order valence-corrected chi connectivity index (χ2v) is 7.16. The molecule has 0 atom stereocenters. The lowest BCUT2D eigenvalue weighted by Crippen LogP contribution is -2.10. The molecule has 0 unspecified atom stereocenters. The number of ether oxygens (including phenoxy) is 2. The van der Waals surface area contributed by atoms with Crippen LogP contribution in [0.15, 0.2) is 24.3 Å². The third kappa shape index (κ3) is 9.59. The van der Waals surface area contributed by atoms with E-state index in [0.717, 1.165) is 32.1 Å². The van der Waals surface area contributed by atoms with Gasteiger partial charge in [-0.25, -0.2) is 9.59 Å². The first-order chi connectivity index (χ1) is 12.5. The highest BCUT2D eigenvalue weighted by atomic mass is 16.5. The first-order valence-corrected chi connectivity index (χ1v) is 9.99. The smallest absolute Gasteiger partial charge is 0.338 e. The Kier molecular flexibility index (Phi) is 11.4. The summed E-state index contributed by atoms with van der Waals surface area (Å²) in [5, 5.41) is 0. The number of carbonyl (C=O) groups is 2. The molecule has 4 heteroatoms. The first kappa shape index (κ1) is 22.2. The molecule has 0 aliphatic heterocycles. The maximum atomic E-state index is 12.1. The minimum absolute atomic E-state index is 0.382. The van der Waals surface area contributed by atoms with Crippen LogP contribution in [-0.2, 0) is 9.47 Å². The van der Waals surface area contributed by atoms with Crippen molar-refractivity contribution in [1.82, 2.24) is 0 Å². The van der Waals surface area contributed by atoms with Crippen LogP contribution in [0.1, 0.15) is 92.9 Å². The summed E-state index contributed by atoms with van der Waals surface area (Å²) in [7, 11) is 0. The van der Waals surface area contributed by atoms with Gasteiger partial charge >= 0.3 is 11.9 Å². The molecule has 1 aromatic carbocycles. The minimum Gasteiger partial charge on any atom is -0.462 e. The molecule has 0 saturated heterocycles. The van der Waals surface area contributed by atoms with Gasteiger partial charge in [-0.3, -0.25) is 0 Å². The summed E-state index contributed by atoms with van der Waals surface area (Å²) in [5.41, 5.74) is 0.791. The van der Waals surface area contributed by atoms with Gasteiger partial charge in [0.15, 0.2) is 0 Å². The molecule has 0 aliphatic rings. The van der Waals surface area contributed by atoms with Crippen LogP contribution in [0.4, 0.5) is 0 Å². The summed E-state index contributed by atoms with van der Waals surface area (Å²) in [5.74, 6) is -0.101. The largest absolute Gasteiger partial charge is 0.462 e. The average molecular weight is 363 g/mol. The molecule has 0 amide bonds.